The van der Waals surface area contributed by atoms with Gasteiger partial charge in [-0.1, -0.05) is 31.9 Å². The van der Waals surface area contributed by atoms with E-state index in [1.165, 1.54) is 11.8 Å². The predicted octanol–water partition coefficient (Wildman–Crippen LogP) is 3.14. The number of hydrogen-bond donors (Lipinski definition) is 1. The molecule has 20 heavy (non-hydrogen) atoms. The van der Waals surface area contributed by atoms with E-state index in [-0.39, 0.29) is 18.1 Å². The Balaban J connectivity index is 2.27. The van der Waals surface area contributed by atoms with Gasteiger partial charge >= 0.3 is 11.9 Å². The molecule has 0 saturated carbocycles. The van der Waals surface area contributed by atoms with Crippen LogP contribution < -0.4 is 0 Å². The Morgan fingerprint density at radius 3 is 2.50 bits per heavy atom. The molecule has 1 aromatic rings. The fourth-order valence-corrected chi connectivity index (χ4v) is 2.30. The minimum absolute atomic E-state index is 0.0183. The number of unbranched alkanes of at least 4 members (excludes halogenated alkanes) is 2. The van der Waals surface area contributed by atoms with Crippen molar-refractivity contribution in [2.24, 2.45) is 0 Å². The molecule has 0 aliphatic heterocycles. The first-order chi connectivity index (χ1) is 9.61. The zero-order chi connectivity index (χ0) is 14.8. The average molecular weight is 296 g/mol. The summed E-state index contributed by atoms with van der Waals surface area (Å²) in [7, 11) is 0. The van der Waals surface area contributed by atoms with Gasteiger partial charge in [-0.05, 0) is 24.1 Å². The standard InChI is InChI=1S/C15H20O4S/c1-2-3-4-9-19-15(18)11-20-13-7-5-12(6-8-13)10-14(16)17/h5-8H,2-4,9-11H2,1H3,(H,16,17). The van der Waals surface area contributed by atoms with Gasteiger partial charge in [0.05, 0.1) is 18.8 Å². The summed E-state index contributed by atoms with van der Waals surface area (Å²) in [6.07, 6.45) is 3.11. The monoisotopic (exact) mass is 296 g/mol. The lowest BCUT2D eigenvalue weighted by molar-refractivity contribution is -0.140. The summed E-state index contributed by atoms with van der Waals surface area (Å²) in [5.41, 5.74) is 0.754. The van der Waals surface area contributed by atoms with E-state index in [2.05, 4.69) is 6.92 Å². The fraction of sp³-hybridized carbons (Fsp3) is 0.467. The van der Waals surface area contributed by atoms with Gasteiger partial charge in [-0.2, -0.15) is 0 Å². The Morgan fingerprint density at radius 1 is 1.20 bits per heavy atom. The number of carboxylic acid groups (broad SMARTS) is 1. The lowest BCUT2D eigenvalue weighted by atomic mass is 10.2. The molecule has 0 radical (unpaired) electrons. The van der Waals surface area contributed by atoms with Gasteiger partial charge in [-0.25, -0.2) is 0 Å². The van der Waals surface area contributed by atoms with Crippen molar-refractivity contribution in [2.75, 3.05) is 12.4 Å². The summed E-state index contributed by atoms with van der Waals surface area (Å²) in [6.45, 7) is 2.59. The maximum absolute atomic E-state index is 11.5. The molecule has 0 heterocycles. The summed E-state index contributed by atoms with van der Waals surface area (Å²) >= 11 is 1.40. The molecule has 1 aromatic carbocycles. The number of carbonyl (C=O) groups is 2. The van der Waals surface area contributed by atoms with E-state index in [0.717, 1.165) is 29.7 Å². The van der Waals surface area contributed by atoms with Gasteiger partial charge in [-0.15, -0.1) is 11.8 Å². The van der Waals surface area contributed by atoms with Crippen molar-refractivity contribution in [1.82, 2.24) is 0 Å². The van der Waals surface area contributed by atoms with Crippen LogP contribution in [-0.2, 0) is 20.7 Å². The lowest BCUT2D eigenvalue weighted by Gasteiger charge is -2.05. The average Bonchev–Trinajstić information content (AvgIpc) is 2.42. The highest BCUT2D eigenvalue weighted by Crippen LogP contribution is 2.18. The third-order valence-corrected chi connectivity index (χ3v) is 3.63. The van der Waals surface area contributed by atoms with Crippen LogP contribution in [0.3, 0.4) is 0 Å². The van der Waals surface area contributed by atoms with Crippen LogP contribution in [0.25, 0.3) is 0 Å². The van der Waals surface area contributed by atoms with Crippen molar-refractivity contribution < 1.29 is 19.4 Å². The first-order valence-corrected chi connectivity index (χ1v) is 7.69. The summed E-state index contributed by atoms with van der Waals surface area (Å²) in [4.78, 5) is 23.0. The molecular weight excluding hydrogens is 276 g/mol. The molecule has 1 N–H and O–H groups in total. The number of benzene rings is 1. The molecule has 0 spiro atoms. The third-order valence-electron chi connectivity index (χ3n) is 2.65. The molecule has 0 bridgehead atoms. The van der Waals surface area contributed by atoms with Crippen molar-refractivity contribution in [3.63, 3.8) is 0 Å². The number of esters is 1. The van der Waals surface area contributed by atoms with Gasteiger partial charge in [0.15, 0.2) is 0 Å². The second-order valence-corrected chi connectivity index (χ2v) is 5.48. The number of ether oxygens (including phenoxy) is 1. The van der Waals surface area contributed by atoms with Crippen LogP contribution in [0.5, 0.6) is 0 Å². The maximum atomic E-state index is 11.5. The molecule has 110 valence electrons. The predicted molar refractivity (Wildman–Crippen MR) is 79.0 cm³/mol. The first kappa shape index (κ1) is 16.6. The van der Waals surface area contributed by atoms with Crippen LogP contribution in [0, 0.1) is 0 Å². The number of hydrogen-bond acceptors (Lipinski definition) is 4. The van der Waals surface area contributed by atoms with Gasteiger partial charge in [-0.3, -0.25) is 9.59 Å². The summed E-state index contributed by atoms with van der Waals surface area (Å²) in [6, 6.07) is 7.19. The smallest absolute Gasteiger partial charge is 0.316 e. The molecule has 0 atom stereocenters. The van der Waals surface area contributed by atoms with Gasteiger partial charge < -0.3 is 9.84 Å². The van der Waals surface area contributed by atoms with Crippen LogP contribution in [0.15, 0.2) is 29.2 Å². The normalized spacial score (nSPS) is 10.2. The van der Waals surface area contributed by atoms with E-state index < -0.39 is 5.97 Å². The second-order valence-electron chi connectivity index (χ2n) is 4.43. The Kier molecular flexibility index (Phi) is 7.80. The number of carboxylic acids is 1. The molecule has 0 fully saturated rings. The molecule has 0 amide bonds. The van der Waals surface area contributed by atoms with Crippen LogP contribution in [-0.4, -0.2) is 29.4 Å². The number of carbonyl (C=O) groups excluding carboxylic acids is 1. The number of thioether (sulfide) groups is 1. The minimum atomic E-state index is -0.846. The molecular formula is C15H20O4S. The summed E-state index contributed by atoms with van der Waals surface area (Å²) in [5, 5.41) is 8.67. The van der Waals surface area contributed by atoms with Crippen molar-refractivity contribution in [3.05, 3.63) is 29.8 Å². The molecule has 5 heteroatoms. The van der Waals surface area contributed by atoms with Crippen LogP contribution >= 0.6 is 11.8 Å². The van der Waals surface area contributed by atoms with Crippen molar-refractivity contribution in [2.45, 2.75) is 37.5 Å². The van der Waals surface area contributed by atoms with Crippen molar-refractivity contribution in [1.29, 1.82) is 0 Å². The second kappa shape index (κ2) is 9.42. The van der Waals surface area contributed by atoms with Gasteiger partial charge in [0.2, 0.25) is 0 Å². The zero-order valence-electron chi connectivity index (χ0n) is 11.6. The maximum Gasteiger partial charge on any atom is 0.316 e. The van der Waals surface area contributed by atoms with Gasteiger partial charge in [0, 0.05) is 4.90 Å². The van der Waals surface area contributed by atoms with Crippen LogP contribution in [0.1, 0.15) is 31.7 Å². The summed E-state index contributed by atoms with van der Waals surface area (Å²) < 4.78 is 5.10. The molecule has 4 nitrogen and oxygen atoms in total. The Morgan fingerprint density at radius 2 is 1.90 bits per heavy atom. The third kappa shape index (κ3) is 7.19. The highest BCUT2D eigenvalue weighted by atomic mass is 32.2. The van der Waals surface area contributed by atoms with E-state index >= 15 is 0 Å². The quantitative estimate of drug-likeness (QED) is 0.431. The SMILES string of the molecule is CCCCCOC(=O)CSc1ccc(CC(=O)O)cc1. The van der Waals surface area contributed by atoms with E-state index in [9.17, 15) is 9.59 Å². The fourth-order valence-electron chi connectivity index (χ4n) is 1.60. The number of aliphatic carboxylic acids is 1. The van der Waals surface area contributed by atoms with E-state index in [4.69, 9.17) is 9.84 Å². The number of rotatable bonds is 9. The lowest BCUT2D eigenvalue weighted by Crippen LogP contribution is -2.08. The Labute approximate surface area is 123 Å². The van der Waals surface area contributed by atoms with E-state index in [1.807, 2.05) is 12.1 Å². The molecule has 1 rings (SSSR count). The largest absolute Gasteiger partial charge is 0.481 e. The Hall–Kier alpha value is -1.49. The van der Waals surface area contributed by atoms with Gasteiger partial charge in [0.25, 0.3) is 0 Å². The molecule has 0 saturated heterocycles. The molecule has 0 aliphatic carbocycles. The molecule has 0 aliphatic rings. The zero-order valence-corrected chi connectivity index (χ0v) is 12.4. The van der Waals surface area contributed by atoms with Crippen molar-refractivity contribution in [3.8, 4) is 0 Å². The first-order valence-electron chi connectivity index (χ1n) is 6.71. The van der Waals surface area contributed by atoms with E-state index in [1.54, 1.807) is 12.1 Å². The van der Waals surface area contributed by atoms with E-state index in [0.29, 0.717) is 6.61 Å². The highest BCUT2D eigenvalue weighted by Gasteiger charge is 2.05. The minimum Gasteiger partial charge on any atom is -0.481 e. The van der Waals surface area contributed by atoms with Crippen LogP contribution in [0.2, 0.25) is 0 Å². The highest BCUT2D eigenvalue weighted by molar-refractivity contribution is 8.00. The van der Waals surface area contributed by atoms with Gasteiger partial charge in [0.1, 0.15) is 0 Å². The topological polar surface area (TPSA) is 63.6 Å². The van der Waals surface area contributed by atoms with Crippen molar-refractivity contribution >= 4 is 23.7 Å². The van der Waals surface area contributed by atoms with Crippen LogP contribution in [0.4, 0.5) is 0 Å². The molecule has 0 aromatic heterocycles. The molecule has 0 unspecified atom stereocenters. The summed E-state index contributed by atoms with van der Waals surface area (Å²) in [5.74, 6) is -0.772. The Bertz CT molecular complexity index is 428.